The molecule has 3 N–H and O–H groups in total. The van der Waals surface area contributed by atoms with Gasteiger partial charge in [-0.3, -0.25) is 19.7 Å². The number of aliphatic hydroxyl groups excluding tert-OH is 1. The molecule has 1 fully saturated rings. The molecule has 0 radical (unpaired) electrons. The number of aromatic hydroxyl groups is 1. The number of H-pyrrole nitrogens is 1. The summed E-state index contributed by atoms with van der Waals surface area (Å²) in [6.07, 6.45) is 2.21. The highest BCUT2D eigenvalue weighted by Crippen LogP contribution is 2.42. The van der Waals surface area contributed by atoms with Crippen LogP contribution in [0.4, 0.5) is 5.69 Å². The number of hydrogen-bond acceptors (Lipinski definition) is 8. The molecule has 0 unspecified atom stereocenters. The van der Waals surface area contributed by atoms with Crippen molar-refractivity contribution in [3.63, 3.8) is 0 Å². The Bertz CT molecular complexity index is 1690. The number of methoxy groups -OCH3 is 1. The van der Waals surface area contributed by atoms with Crippen LogP contribution in [-0.4, -0.2) is 57.0 Å². The fourth-order valence-electron chi connectivity index (χ4n) is 5.06. The molecule has 1 aliphatic heterocycles. The maximum atomic E-state index is 13.4. The van der Waals surface area contributed by atoms with Crippen LogP contribution in [0.1, 0.15) is 29.7 Å². The number of phenolic OH excluding ortho intramolecular Hbond substituents is 1. The number of ketones is 1. The van der Waals surface area contributed by atoms with Gasteiger partial charge in [0.15, 0.2) is 11.5 Å². The standard InChI is InChI=1S/C30H27N3O8/c1-3-41-25-14-18(6-11-24(25)34)27-26(28(35)17-4-7-20(8-5-17)33(38)39)29(36)30(37)32(27)13-12-19-16-31-23-10-9-21(40-2)15-22(19)23/h4-11,14-16,27,31,34-35H,3,12-13H2,1-2H3/t27-/m0/s1. The zero-order valence-electron chi connectivity index (χ0n) is 22.3. The van der Waals surface area contributed by atoms with Crippen molar-refractivity contribution < 1.29 is 34.2 Å². The van der Waals surface area contributed by atoms with Crippen molar-refractivity contribution in [2.45, 2.75) is 19.4 Å². The number of non-ortho nitro benzene ring substituents is 1. The van der Waals surface area contributed by atoms with E-state index in [1.165, 1.54) is 41.3 Å². The summed E-state index contributed by atoms with van der Waals surface area (Å²) in [5.41, 5.74) is 2.01. The fourth-order valence-corrected chi connectivity index (χ4v) is 5.06. The lowest BCUT2D eigenvalue weighted by Gasteiger charge is -2.26. The van der Waals surface area contributed by atoms with Gasteiger partial charge in [-0.2, -0.15) is 0 Å². The molecule has 210 valence electrons. The van der Waals surface area contributed by atoms with Crippen molar-refractivity contribution in [2.24, 2.45) is 0 Å². The number of aromatic nitrogens is 1. The normalized spacial score (nSPS) is 16.3. The number of rotatable bonds is 9. The van der Waals surface area contributed by atoms with Gasteiger partial charge >= 0.3 is 0 Å². The zero-order valence-corrected chi connectivity index (χ0v) is 22.3. The van der Waals surface area contributed by atoms with E-state index in [1.54, 1.807) is 20.1 Å². The van der Waals surface area contributed by atoms with Crippen LogP contribution < -0.4 is 9.47 Å². The predicted molar refractivity (Wildman–Crippen MR) is 150 cm³/mol. The summed E-state index contributed by atoms with van der Waals surface area (Å²) >= 11 is 0. The summed E-state index contributed by atoms with van der Waals surface area (Å²) < 4.78 is 10.9. The number of fused-ring (bicyclic) bond motifs is 1. The van der Waals surface area contributed by atoms with E-state index in [4.69, 9.17) is 9.47 Å². The highest BCUT2D eigenvalue weighted by molar-refractivity contribution is 6.46. The third kappa shape index (κ3) is 5.05. The molecule has 0 spiro atoms. The minimum absolute atomic E-state index is 0.115. The average molecular weight is 558 g/mol. The summed E-state index contributed by atoms with van der Waals surface area (Å²) in [4.78, 5) is 41.9. The second-order valence-corrected chi connectivity index (χ2v) is 9.43. The van der Waals surface area contributed by atoms with Crippen LogP contribution in [0.15, 0.2) is 72.4 Å². The molecular weight excluding hydrogens is 530 g/mol. The van der Waals surface area contributed by atoms with E-state index in [9.17, 15) is 29.9 Å². The summed E-state index contributed by atoms with van der Waals surface area (Å²) in [6, 6.07) is 14.1. The maximum Gasteiger partial charge on any atom is 0.295 e. The number of carbonyl (C=O) groups excluding carboxylic acids is 2. The van der Waals surface area contributed by atoms with Gasteiger partial charge in [0, 0.05) is 41.3 Å². The molecule has 1 atom stereocenters. The highest BCUT2D eigenvalue weighted by Gasteiger charge is 2.46. The van der Waals surface area contributed by atoms with Crippen molar-refractivity contribution in [3.05, 3.63) is 99.2 Å². The van der Waals surface area contributed by atoms with E-state index in [1.807, 2.05) is 24.4 Å². The Labute approximate surface area is 234 Å². The predicted octanol–water partition coefficient (Wildman–Crippen LogP) is 4.85. The molecule has 11 nitrogen and oxygen atoms in total. The molecule has 41 heavy (non-hydrogen) atoms. The Balaban J connectivity index is 1.58. The number of phenols is 1. The number of amides is 1. The molecule has 1 amide bonds. The lowest BCUT2D eigenvalue weighted by atomic mass is 9.94. The zero-order chi connectivity index (χ0) is 29.3. The molecule has 11 heteroatoms. The number of Topliss-reactive ketones (excluding diaryl/α,β-unsaturated/α-hetero) is 1. The number of benzene rings is 3. The van der Waals surface area contributed by atoms with Gasteiger partial charge in [-0.05, 0) is 66.9 Å². The Kier molecular flexibility index (Phi) is 7.34. The quantitative estimate of drug-likeness (QED) is 0.0867. The Hall–Kier alpha value is -5.32. The number of nitro groups is 1. The van der Waals surface area contributed by atoms with Crippen LogP contribution in [0.25, 0.3) is 16.7 Å². The van der Waals surface area contributed by atoms with Crippen LogP contribution in [0.2, 0.25) is 0 Å². The number of aliphatic hydroxyl groups is 1. The van der Waals surface area contributed by atoms with Gasteiger partial charge in [0.05, 0.1) is 30.3 Å². The minimum atomic E-state index is -1.01. The maximum absolute atomic E-state index is 13.4. The van der Waals surface area contributed by atoms with E-state index < -0.39 is 28.4 Å². The van der Waals surface area contributed by atoms with Gasteiger partial charge < -0.3 is 29.6 Å². The number of ether oxygens (including phenoxy) is 2. The number of hydrogen-bond donors (Lipinski definition) is 3. The van der Waals surface area contributed by atoms with Crippen molar-refractivity contribution in [1.82, 2.24) is 9.88 Å². The van der Waals surface area contributed by atoms with Crippen LogP contribution in [0.3, 0.4) is 0 Å². The molecule has 3 aromatic carbocycles. The average Bonchev–Trinajstić information content (AvgIpc) is 3.49. The third-order valence-electron chi connectivity index (χ3n) is 7.09. The molecule has 1 aromatic heterocycles. The van der Waals surface area contributed by atoms with E-state index in [2.05, 4.69) is 4.98 Å². The first-order chi connectivity index (χ1) is 19.7. The number of aromatic amines is 1. The Morgan fingerprint density at radius 2 is 1.85 bits per heavy atom. The van der Waals surface area contributed by atoms with E-state index in [0.29, 0.717) is 17.7 Å². The summed E-state index contributed by atoms with van der Waals surface area (Å²) in [7, 11) is 1.58. The fraction of sp³-hybridized carbons (Fsp3) is 0.200. The number of nitrogens with zero attached hydrogens (tertiary/aromatic N) is 2. The number of likely N-dealkylation sites (tertiary alicyclic amines) is 1. The lowest BCUT2D eigenvalue weighted by Crippen LogP contribution is -2.31. The molecule has 4 aromatic rings. The van der Waals surface area contributed by atoms with E-state index >= 15 is 0 Å². The Morgan fingerprint density at radius 1 is 1.10 bits per heavy atom. The lowest BCUT2D eigenvalue weighted by molar-refractivity contribution is -0.384. The molecule has 5 rings (SSSR count). The second kappa shape index (κ2) is 11.0. The highest BCUT2D eigenvalue weighted by atomic mass is 16.6. The molecule has 0 aliphatic carbocycles. The monoisotopic (exact) mass is 557 g/mol. The van der Waals surface area contributed by atoms with Crippen LogP contribution >= 0.6 is 0 Å². The van der Waals surface area contributed by atoms with Gasteiger partial charge in [-0.25, -0.2) is 0 Å². The van der Waals surface area contributed by atoms with Crippen LogP contribution in [-0.2, 0) is 16.0 Å². The van der Waals surface area contributed by atoms with Gasteiger partial charge in [0.25, 0.3) is 17.4 Å². The SMILES string of the molecule is CCOc1cc([C@H]2C(=C(O)c3ccc([N+](=O)[O-])cc3)C(=O)C(=O)N2CCc2c[nH]c3ccc(OC)cc23)ccc1O. The van der Waals surface area contributed by atoms with Crippen molar-refractivity contribution in [2.75, 3.05) is 20.3 Å². The molecule has 1 aliphatic rings. The van der Waals surface area contributed by atoms with E-state index in [0.717, 1.165) is 16.5 Å². The molecule has 0 bridgehead atoms. The van der Waals surface area contributed by atoms with E-state index in [-0.39, 0.29) is 41.5 Å². The van der Waals surface area contributed by atoms with Crippen LogP contribution in [0.5, 0.6) is 17.2 Å². The van der Waals surface area contributed by atoms with Gasteiger partial charge in [-0.15, -0.1) is 0 Å². The summed E-state index contributed by atoms with van der Waals surface area (Å²) in [6.45, 7) is 2.15. The van der Waals surface area contributed by atoms with Crippen molar-refractivity contribution in [1.29, 1.82) is 0 Å². The van der Waals surface area contributed by atoms with Gasteiger partial charge in [0.1, 0.15) is 11.5 Å². The number of carbonyl (C=O) groups is 2. The van der Waals surface area contributed by atoms with Crippen molar-refractivity contribution in [3.8, 4) is 17.2 Å². The number of nitro benzene ring substituents is 1. The smallest absolute Gasteiger partial charge is 0.295 e. The van der Waals surface area contributed by atoms with Crippen molar-refractivity contribution >= 4 is 34.0 Å². The Morgan fingerprint density at radius 3 is 2.54 bits per heavy atom. The van der Waals surface area contributed by atoms with Gasteiger partial charge in [0.2, 0.25) is 0 Å². The second-order valence-electron chi connectivity index (χ2n) is 9.43. The molecular formula is C30H27N3O8. The first-order valence-corrected chi connectivity index (χ1v) is 12.9. The molecule has 2 heterocycles. The first-order valence-electron chi connectivity index (χ1n) is 12.9. The topological polar surface area (TPSA) is 155 Å². The molecule has 1 saturated heterocycles. The summed E-state index contributed by atoms with van der Waals surface area (Å²) in [5.74, 6) is -1.44. The third-order valence-corrected chi connectivity index (χ3v) is 7.09. The van der Waals surface area contributed by atoms with Gasteiger partial charge in [-0.1, -0.05) is 6.07 Å². The molecule has 0 saturated carbocycles. The largest absolute Gasteiger partial charge is 0.507 e. The number of nitrogens with one attached hydrogen (secondary N) is 1. The minimum Gasteiger partial charge on any atom is -0.507 e. The first kappa shape index (κ1) is 27.3. The van der Waals surface area contributed by atoms with Crippen LogP contribution in [0, 0.1) is 10.1 Å². The summed E-state index contributed by atoms with van der Waals surface area (Å²) in [5, 5.41) is 33.6.